The first-order valence-electron chi connectivity index (χ1n) is 8.41. The first-order chi connectivity index (χ1) is 12.6. The third-order valence-corrected chi connectivity index (χ3v) is 3.97. The molecule has 1 amide bonds. The second kappa shape index (κ2) is 8.48. The average Bonchev–Trinajstić information content (AvgIpc) is 3.29. The van der Waals surface area contributed by atoms with Crippen molar-refractivity contribution in [1.82, 2.24) is 5.32 Å². The predicted molar refractivity (Wildman–Crippen MR) is 91.0 cm³/mol. The Kier molecular flexibility index (Phi) is 5.85. The molecule has 0 bridgehead atoms. The molecule has 0 unspecified atom stereocenters. The predicted octanol–water partition coefficient (Wildman–Crippen LogP) is 0.748. The molecule has 3 rings (SSSR count). The standard InChI is InChI=1S/C18H20N2O6/c21-14-10-25-17(20-12-5-2-1-3-6-12)16(14)18(23)26-11-15(22)19-9-13-7-4-8-24-13/h1-3,5-6,13,20H,4,7-11H2,(H,19,22)/t13-/m0/s1. The largest absolute Gasteiger partial charge is 0.470 e. The Bertz CT molecular complexity index is 710. The van der Waals surface area contributed by atoms with Gasteiger partial charge in [0.05, 0.1) is 6.10 Å². The second-order valence-electron chi connectivity index (χ2n) is 5.92. The summed E-state index contributed by atoms with van der Waals surface area (Å²) in [6.45, 7) is 0.358. The van der Waals surface area contributed by atoms with Gasteiger partial charge < -0.3 is 24.8 Å². The summed E-state index contributed by atoms with van der Waals surface area (Å²) in [4.78, 5) is 35.9. The molecule has 1 aromatic carbocycles. The number of carbonyl (C=O) groups is 3. The molecular formula is C18H20N2O6. The number of para-hydroxylation sites is 1. The van der Waals surface area contributed by atoms with Crippen LogP contribution in [0.4, 0.5) is 5.69 Å². The van der Waals surface area contributed by atoms with Gasteiger partial charge in [-0.05, 0) is 25.0 Å². The molecule has 0 saturated carbocycles. The molecule has 1 fully saturated rings. The molecule has 0 radical (unpaired) electrons. The van der Waals surface area contributed by atoms with Gasteiger partial charge >= 0.3 is 5.97 Å². The number of esters is 1. The highest BCUT2D eigenvalue weighted by atomic mass is 16.5. The topological polar surface area (TPSA) is 103 Å². The smallest absolute Gasteiger partial charge is 0.347 e. The fourth-order valence-corrected chi connectivity index (χ4v) is 2.65. The lowest BCUT2D eigenvalue weighted by molar-refractivity contribution is -0.145. The first kappa shape index (κ1) is 17.9. The van der Waals surface area contributed by atoms with E-state index < -0.39 is 24.3 Å². The molecule has 8 nitrogen and oxygen atoms in total. The van der Waals surface area contributed by atoms with Crippen molar-refractivity contribution in [2.45, 2.75) is 18.9 Å². The van der Waals surface area contributed by atoms with Crippen LogP contribution in [0, 0.1) is 0 Å². The molecule has 2 heterocycles. The van der Waals surface area contributed by atoms with Gasteiger partial charge in [0, 0.05) is 18.8 Å². The van der Waals surface area contributed by atoms with Crippen molar-refractivity contribution < 1.29 is 28.6 Å². The van der Waals surface area contributed by atoms with Crippen LogP contribution in [0.5, 0.6) is 0 Å². The summed E-state index contributed by atoms with van der Waals surface area (Å²) < 4.78 is 15.6. The number of amides is 1. The van der Waals surface area contributed by atoms with Gasteiger partial charge in [-0.2, -0.15) is 0 Å². The fraction of sp³-hybridized carbons (Fsp3) is 0.389. The van der Waals surface area contributed by atoms with Crippen LogP contribution in [0.3, 0.4) is 0 Å². The molecule has 2 aliphatic heterocycles. The van der Waals surface area contributed by atoms with Gasteiger partial charge in [0.25, 0.3) is 5.91 Å². The van der Waals surface area contributed by atoms with Crippen LogP contribution in [0.15, 0.2) is 41.8 Å². The van der Waals surface area contributed by atoms with Crippen LogP contribution >= 0.6 is 0 Å². The van der Waals surface area contributed by atoms with Crippen LogP contribution in [0.1, 0.15) is 12.8 Å². The molecule has 2 N–H and O–H groups in total. The Hall–Kier alpha value is -2.87. The van der Waals surface area contributed by atoms with Crippen molar-refractivity contribution in [2.75, 3.05) is 31.7 Å². The molecule has 2 aliphatic rings. The minimum atomic E-state index is -0.891. The average molecular weight is 360 g/mol. The summed E-state index contributed by atoms with van der Waals surface area (Å²) in [6.07, 6.45) is 1.87. The number of Topliss-reactive ketones (excluding diaryl/α,β-unsaturated/α-hetero) is 1. The lowest BCUT2D eigenvalue weighted by atomic mass is 10.2. The van der Waals surface area contributed by atoms with E-state index in [2.05, 4.69) is 10.6 Å². The van der Waals surface area contributed by atoms with Crippen molar-refractivity contribution in [3.63, 3.8) is 0 Å². The lowest BCUT2D eigenvalue weighted by Crippen LogP contribution is -2.35. The van der Waals surface area contributed by atoms with Gasteiger partial charge in [0.1, 0.15) is 0 Å². The van der Waals surface area contributed by atoms with E-state index in [1.165, 1.54) is 0 Å². The SMILES string of the molecule is O=C(COC(=O)C1=C(Nc2ccccc2)OCC1=O)NC[C@@H]1CCCO1. The monoisotopic (exact) mass is 360 g/mol. The van der Waals surface area contributed by atoms with Gasteiger partial charge in [0.15, 0.2) is 18.8 Å². The van der Waals surface area contributed by atoms with E-state index in [0.717, 1.165) is 12.8 Å². The van der Waals surface area contributed by atoms with E-state index >= 15 is 0 Å². The summed E-state index contributed by atoms with van der Waals surface area (Å²) in [7, 11) is 0. The Morgan fingerprint density at radius 1 is 1.23 bits per heavy atom. The van der Waals surface area contributed by atoms with Crippen molar-refractivity contribution in [1.29, 1.82) is 0 Å². The minimum absolute atomic E-state index is 0.00356. The number of rotatable bonds is 7. The number of hydrogen-bond acceptors (Lipinski definition) is 7. The third-order valence-electron chi connectivity index (χ3n) is 3.97. The third kappa shape index (κ3) is 4.60. The zero-order valence-corrected chi connectivity index (χ0v) is 14.2. The molecule has 8 heteroatoms. The van der Waals surface area contributed by atoms with E-state index in [4.69, 9.17) is 14.2 Å². The number of anilines is 1. The second-order valence-corrected chi connectivity index (χ2v) is 5.92. The summed E-state index contributed by atoms with van der Waals surface area (Å²) in [5.74, 6) is -1.80. The highest BCUT2D eigenvalue weighted by molar-refractivity contribution is 6.20. The lowest BCUT2D eigenvalue weighted by Gasteiger charge is -2.11. The summed E-state index contributed by atoms with van der Waals surface area (Å²) >= 11 is 0. The van der Waals surface area contributed by atoms with Crippen LogP contribution in [-0.2, 0) is 28.6 Å². The van der Waals surface area contributed by atoms with Gasteiger partial charge in [-0.3, -0.25) is 9.59 Å². The fourth-order valence-electron chi connectivity index (χ4n) is 2.65. The normalized spacial score (nSPS) is 19.2. The van der Waals surface area contributed by atoms with Crippen LogP contribution in [0.25, 0.3) is 0 Å². The molecule has 0 aliphatic carbocycles. The summed E-state index contributed by atoms with van der Waals surface area (Å²) in [5, 5.41) is 5.51. The van der Waals surface area contributed by atoms with Crippen molar-refractivity contribution in [3.8, 4) is 0 Å². The Labute approximate surface area is 150 Å². The highest BCUT2D eigenvalue weighted by Gasteiger charge is 2.32. The van der Waals surface area contributed by atoms with Crippen LogP contribution in [0.2, 0.25) is 0 Å². The van der Waals surface area contributed by atoms with Crippen molar-refractivity contribution >= 4 is 23.3 Å². The van der Waals surface area contributed by atoms with Gasteiger partial charge in [-0.15, -0.1) is 0 Å². The number of hydrogen-bond donors (Lipinski definition) is 2. The molecule has 0 aromatic heterocycles. The van der Waals surface area contributed by atoms with E-state index in [9.17, 15) is 14.4 Å². The maximum Gasteiger partial charge on any atom is 0.347 e. The van der Waals surface area contributed by atoms with E-state index in [1.807, 2.05) is 6.07 Å². The quantitative estimate of drug-likeness (QED) is 0.546. The Balaban J connectivity index is 1.53. The zero-order valence-electron chi connectivity index (χ0n) is 14.2. The maximum atomic E-state index is 12.2. The van der Waals surface area contributed by atoms with E-state index in [0.29, 0.717) is 18.8 Å². The number of carbonyl (C=O) groups excluding carboxylic acids is 3. The molecule has 1 atom stereocenters. The highest BCUT2D eigenvalue weighted by Crippen LogP contribution is 2.20. The zero-order chi connectivity index (χ0) is 18.4. The molecule has 1 saturated heterocycles. The number of nitrogens with one attached hydrogen (secondary N) is 2. The van der Waals surface area contributed by atoms with Gasteiger partial charge in [0.2, 0.25) is 11.7 Å². The molecule has 1 aromatic rings. The molecular weight excluding hydrogens is 340 g/mol. The van der Waals surface area contributed by atoms with Crippen LogP contribution < -0.4 is 10.6 Å². The minimum Gasteiger partial charge on any atom is -0.470 e. The number of ether oxygens (including phenoxy) is 3. The Morgan fingerprint density at radius 3 is 2.77 bits per heavy atom. The maximum absolute atomic E-state index is 12.2. The summed E-state index contributed by atoms with van der Waals surface area (Å²) in [6, 6.07) is 8.97. The molecule has 26 heavy (non-hydrogen) atoms. The number of benzene rings is 1. The Morgan fingerprint density at radius 2 is 2.04 bits per heavy atom. The first-order valence-corrected chi connectivity index (χ1v) is 8.41. The van der Waals surface area contributed by atoms with Crippen molar-refractivity contribution in [3.05, 3.63) is 41.8 Å². The van der Waals surface area contributed by atoms with E-state index in [-0.39, 0.29) is 24.2 Å². The van der Waals surface area contributed by atoms with Crippen LogP contribution in [-0.4, -0.2) is 50.1 Å². The van der Waals surface area contributed by atoms with Gasteiger partial charge in [-0.1, -0.05) is 18.2 Å². The molecule has 138 valence electrons. The van der Waals surface area contributed by atoms with Crippen molar-refractivity contribution in [2.24, 2.45) is 0 Å². The summed E-state index contributed by atoms with van der Waals surface area (Å²) in [5.41, 5.74) is 0.442. The number of ketones is 1. The molecule has 0 spiro atoms. The van der Waals surface area contributed by atoms with E-state index in [1.54, 1.807) is 24.3 Å². The van der Waals surface area contributed by atoms with Gasteiger partial charge in [-0.25, -0.2) is 4.79 Å².